The van der Waals surface area contributed by atoms with Gasteiger partial charge in [0.1, 0.15) is 6.10 Å². The Labute approximate surface area is 56.8 Å². The summed E-state index contributed by atoms with van der Waals surface area (Å²) in [5.41, 5.74) is 0. The molecule has 0 bridgehead atoms. The molecule has 4 heteroatoms. The van der Waals surface area contributed by atoms with Crippen molar-refractivity contribution in [3.63, 3.8) is 0 Å². The lowest BCUT2D eigenvalue weighted by molar-refractivity contribution is 0.232. The van der Waals surface area contributed by atoms with Gasteiger partial charge in [-0.2, -0.15) is 0 Å². The van der Waals surface area contributed by atoms with Gasteiger partial charge in [0.15, 0.2) is 0 Å². The third kappa shape index (κ3) is 1.34. The molecule has 1 rings (SSSR count). The lowest BCUT2D eigenvalue weighted by Crippen LogP contribution is -1.86. The summed E-state index contributed by atoms with van der Waals surface area (Å²) in [5, 5.41) is 12.6. The predicted octanol–water partition coefficient (Wildman–Crippen LogP) is 0.758. The molecule has 3 nitrogen and oxygen atoms in total. The minimum atomic E-state index is -0.606. The van der Waals surface area contributed by atoms with Crippen LogP contribution in [0.3, 0.4) is 0 Å². The van der Waals surface area contributed by atoms with Gasteiger partial charge in [-0.1, -0.05) is 10.6 Å². The maximum atomic E-state index is 9.03. The van der Waals surface area contributed by atoms with Crippen molar-refractivity contribution < 1.29 is 5.11 Å². The molecule has 1 aromatic rings. The van der Waals surface area contributed by atoms with Crippen LogP contribution in [0.2, 0.25) is 0 Å². The monoisotopic (exact) mass is 142 g/mol. The Morgan fingerprint density at radius 2 is 2.67 bits per heavy atom. The van der Waals surface area contributed by atoms with Crippen LogP contribution < -0.4 is 0 Å². The van der Waals surface area contributed by atoms with Gasteiger partial charge in [-0.3, -0.25) is 0 Å². The van der Waals surface area contributed by atoms with Crippen molar-refractivity contribution >= 4 is 11.5 Å². The largest absolute Gasteiger partial charge is 0.383 e. The highest BCUT2D eigenvalue weighted by Gasteiger charge is 2.03. The molecule has 0 aliphatic heterocycles. The third-order valence-electron chi connectivity index (χ3n) is 0.893. The fourth-order valence-corrected chi connectivity index (χ4v) is 0.908. The first-order valence-electron chi connectivity index (χ1n) is 2.42. The van der Waals surface area contributed by atoms with E-state index in [0.29, 0.717) is 0 Å². The fraction of sp³-hybridized carbons (Fsp3) is 0.200. The number of aliphatic hydroxyl groups is 1. The van der Waals surface area contributed by atoms with Gasteiger partial charge < -0.3 is 5.11 Å². The van der Waals surface area contributed by atoms with Crippen LogP contribution in [-0.2, 0) is 0 Å². The summed E-state index contributed by atoms with van der Waals surface area (Å²) in [4.78, 5) is 0.727. The molecule has 9 heavy (non-hydrogen) atoms. The first-order chi connectivity index (χ1) is 4.34. The molecule has 0 fully saturated rings. The van der Waals surface area contributed by atoms with Crippen LogP contribution in [0.1, 0.15) is 11.0 Å². The highest BCUT2D eigenvalue weighted by atomic mass is 32.1. The lowest BCUT2D eigenvalue weighted by atomic mass is 10.3. The fourth-order valence-electron chi connectivity index (χ4n) is 0.421. The topological polar surface area (TPSA) is 46.0 Å². The van der Waals surface area contributed by atoms with Gasteiger partial charge in [-0.15, -0.1) is 11.7 Å². The summed E-state index contributed by atoms with van der Waals surface area (Å²) < 4.78 is 3.58. The summed E-state index contributed by atoms with van der Waals surface area (Å²) in [6.45, 7) is 3.42. The van der Waals surface area contributed by atoms with E-state index in [0.717, 1.165) is 4.88 Å². The standard InChI is InChI=1S/C5H6N2OS/c1-2-4(8)5-3-6-7-9-5/h2-4,8H,1H2. The second-order valence-electron chi connectivity index (χ2n) is 1.50. The van der Waals surface area contributed by atoms with Gasteiger partial charge in [0.25, 0.3) is 0 Å². The first-order valence-corrected chi connectivity index (χ1v) is 3.20. The van der Waals surface area contributed by atoms with Crippen LogP contribution in [0.15, 0.2) is 18.9 Å². The minimum absolute atomic E-state index is 0.606. The number of nitrogens with zero attached hydrogens (tertiary/aromatic N) is 2. The average Bonchev–Trinajstić information content (AvgIpc) is 2.37. The van der Waals surface area contributed by atoms with E-state index in [9.17, 15) is 0 Å². The molecule has 0 saturated carbocycles. The summed E-state index contributed by atoms with van der Waals surface area (Å²) in [6.07, 6.45) is 2.36. The van der Waals surface area contributed by atoms with Crippen molar-refractivity contribution in [1.29, 1.82) is 0 Å². The van der Waals surface area contributed by atoms with Crippen LogP contribution in [0, 0.1) is 0 Å². The van der Waals surface area contributed by atoms with Crippen LogP contribution in [0.5, 0.6) is 0 Å². The molecular weight excluding hydrogens is 136 g/mol. The van der Waals surface area contributed by atoms with E-state index >= 15 is 0 Å². The van der Waals surface area contributed by atoms with Gasteiger partial charge in [-0.25, -0.2) is 0 Å². The van der Waals surface area contributed by atoms with Gasteiger partial charge >= 0.3 is 0 Å². The summed E-state index contributed by atoms with van der Waals surface area (Å²) in [6, 6.07) is 0. The maximum absolute atomic E-state index is 9.03. The maximum Gasteiger partial charge on any atom is 0.109 e. The number of aromatic nitrogens is 2. The highest BCUT2D eigenvalue weighted by molar-refractivity contribution is 7.05. The zero-order valence-corrected chi connectivity index (χ0v) is 5.51. The van der Waals surface area contributed by atoms with E-state index in [2.05, 4.69) is 16.2 Å². The molecule has 0 spiro atoms. The summed E-state index contributed by atoms with van der Waals surface area (Å²) >= 11 is 1.17. The van der Waals surface area contributed by atoms with E-state index < -0.39 is 6.10 Å². The molecule has 1 atom stereocenters. The van der Waals surface area contributed by atoms with Crippen LogP contribution >= 0.6 is 11.5 Å². The number of hydrogen-bond acceptors (Lipinski definition) is 4. The Bertz CT molecular complexity index is 185. The predicted molar refractivity (Wildman–Crippen MR) is 35.1 cm³/mol. The Balaban J connectivity index is 2.76. The normalized spacial score (nSPS) is 13.0. The summed E-state index contributed by atoms with van der Waals surface area (Å²) in [7, 11) is 0. The van der Waals surface area contributed by atoms with Gasteiger partial charge in [0.05, 0.1) is 11.1 Å². The van der Waals surface area contributed by atoms with Crippen LogP contribution in [0.25, 0.3) is 0 Å². The molecular formula is C5H6N2OS. The number of hydrogen-bond donors (Lipinski definition) is 1. The Morgan fingerprint density at radius 3 is 3.11 bits per heavy atom. The van der Waals surface area contributed by atoms with Crippen molar-refractivity contribution in [3.05, 3.63) is 23.7 Å². The van der Waals surface area contributed by atoms with Gasteiger partial charge in [-0.05, 0) is 11.5 Å². The van der Waals surface area contributed by atoms with Crippen LogP contribution in [0.4, 0.5) is 0 Å². The third-order valence-corrected chi connectivity index (χ3v) is 1.63. The van der Waals surface area contributed by atoms with Crippen molar-refractivity contribution in [2.24, 2.45) is 0 Å². The highest BCUT2D eigenvalue weighted by Crippen LogP contribution is 2.14. The minimum Gasteiger partial charge on any atom is -0.383 e. The second-order valence-corrected chi connectivity index (χ2v) is 2.32. The SMILES string of the molecule is C=CC(O)c1cnns1. The molecule has 0 amide bonds. The van der Waals surface area contributed by atoms with E-state index in [-0.39, 0.29) is 0 Å². The molecule has 1 aromatic heterocycles. The zero-order valence-electron chi connectivity index (χ0n) is 4.69. The molecule has 0 aliphatic carbocycles. The molecule has 0 aliphatic rings. The molecule has 0 radical (unpaired) electrons. The van der Waals surface area contributed by atoms with Crippen molar-refractivity contribution in [1.82, 2.24) is 9.59 Å². The number of rotatable bonds is 2. The Morgan fingerprint density at radius 1 is 1.89 bits per heavy atom. The molecule has 1 N–H and O–H groups in total. The van der Waals surface area contributed by atoms with E-state index in [1.54, 1.807) is 0 Å². The van der Waals surface area contributed by atoms with E-state index in [4.69, 9.17) is 5.11 Å². The first kappa shape index (κ1) is 6.38. The summed E-state index contributed by atoms with van der Waals surface area (Å²) in [5.74, 6) is 0. The molecule has 1 unspecified atom stereocenters. The zero-order chi connectivity index (χ0) is 6.69. The molecule has 1 heterocycles. The van der Waals surface area contributed by atoms with Crippen molar-refractivity contribution in [2.45, 2.75) is 6.10 Å². The van der Waals surface area contributed by atoms with E-state index in [1.165, 1.54) is 23.8 Å². The second kappa shape index (κ2) is 2.70. The van der Waals surface area contributed by atoms with Crippen molar-refractivity contribution in [3.8, 4) is 0 Å². The van der Waals surface area contributed by atoms with Crippen molar-refractivity contribution in [2.75, 3.05) is 0 Å². The van der Waals surface area contributed by atoms with Gasteiger partial charge in [0, 0.05) is 0 Å². The van der Waals surface area contributed by atoms with Gasteiger partial charge in [0.2, 0.25) is 0 Å². The lowest BCUT2D eigenvalue weighted by Gasteiger charge is -1.95. The van der Waals surface area contributed by atoms with E-state index in [1.807, 2.05) is 0 Å². The Hall–Kier alpha value is -0.740. The molecule has 0 aromatic carbocycles. The Kier molecular flexibility index (Phi) is 1.92. The van der Waals surface area contributed by atoms with Crippen LogP contribution in [-0.4, -0.2) is 14.7 Å². The smallest absolute Gasteiger partial charge is 0.109 e. The average molecular weight is 142 g/mol. The number of aliphatic hydroxyl groups excluding tert-OH is 1. The molecule has 0 saturated heterocycles. The quantitative estimate of drug-likeness (QED) is 0.620. The molecule has 48 valence electrons.